The van der Waals surface area contributed by atoms with Crippen molar-refractivity contribution in [3.63, 3.8) is 0 Å². The molecule has 5 amide bonds. The van der Waals surface area contributed by atoms with E-state index in [1.165, 1.54) is 19.1 Å². The van der Waals surface area contributed by atoms with Gasteiger partial charge in [0.15, 0.2) is 0 Å². The second-order valence-corrected chi connectivity index (χ2v) is 11.2. The Labute approximate surface area is 240 Å². The Kier molecular flexibility index (Phi) is 11.3. The number of primary amides is 1. The van der Waals surface area contributed by atoms with Crippen LogP contribution in [0.3, 0.4) is 0 Å². The van der Waals surface area contributed by atoms with Crippen molar-refractivity contribution < 1.29 is 28.8 Å². The predicted molar refractivity (Wildman–Crippen MR) is 153 cm³/mol. The third-order valence-electron chi connectivity index (χ3n) is 6.35. The van der Waals surface area contributed by atoms with E-state index in [2.05, 4.69) is 21.3 Å². The number of carbonyl (C=O) groups is 6. The topological polar surface area (TPSA) is 177 Å². The van der Waals surface area contributed by atoms with Gasteiger partial charge >= 0.3 is 0 Å². The molecule has 3 atom stereocenters. The number of ketones is 1. The van der Waals surface area contributed by atoms with E-state index in [1.54, 1.807) is 77.1 Å². The molecule has 6 N–H and O–H groups in total. The zero-order valence-electron chi connectivity index (χ0n) is 24.2. The highest BCUT2D eigenvalue weighted by atomic mass is 16.2. The molecule has 220 valence electrons. The third-order valence-corrected chi connectivity index (χ3v) is 6.35. The number of hydrogen-bond donors (Lipinski definition) is 5. The monoisotopic (exact) mass is 565 g/mol. The smallest absolute Gasteiger partial charge is 0.289 e. The van der Waals surface area contributed by atoms with E-state index in [-0.39, 0.29) is 6.54 Å². The molecule has 2 aromatic rings. The van der Waals surface area contributed by atoms with E-state index in [9.17, 15) is 28.8 Å². The average molecular weight is 566 g/mol. The molecule has 0 spiro atoms. The summed E-state index contributed by atoms with van der Waals surface area (Å²) in [5.41, 5.74) is 5.89. The van der Waals surface area contributed by atoms with Crippen molar-refractivity contribution >= 4 is 35.3 Å². The minimum atomic E-state index is -1.14. The van der Waals surface area contributed by atoms with Gasteiger partial charge in [-0.2, -0.15) is 0 Å². The molecule has 2 aromatic carbocycles. The Hall–Kier alpha value is -4.54. The lowest BCUT2D eigenvalue weighted by atomic mass is 9.85. The first-order valence-corrected chi connectivity index (χ1v) is 13.3. The summed E-state index contributed by atoms with van der Waals surface area (Å²) in [5, 5.41) is 10.4. The Morgan fingerprint density at radius 1 is 0.756 bits per heavy atom. The van der Waals surface area contributed by atoms with Gasteiger partial charge in [-0.3, -0.25) is 28.8 Å². The molecule has 0 heterocycles. The molecule has 11 nitrogen and oxygen atoms in total. The number of carbonyl (C=O) groups excluding carboxylic acids is 6. The van der Waals surface area contributed by atoms with Gasteiger partial charge in [0.1, 0.15) is 12.1 Å². The summed E-state index contributed by atoms with van der Waals surface area (Å²) in [7, 11) is 0. The van der Waals surface area contributed by atoms with Gasteiger partial charge in [0, 0.05) is 17.7 Å². The quantitative estimate of drug-likeness (QED) is 0.243. The minimum absolute atomic E-state index is 0.0255. The second kappa shape index (κ2) is 14.2. The van der Waals surface area contributed by atoms with Gasteiger partial charge in [0.25, 0.3) is 11.8 Å². The summed E-state index contributed by atoms with van der Waals surface area (Å²) in [6.07, 6.45) is 0. The fourth-order valence-corrected chi connectivity index (χ4v) is 3.85. The Balaban J connectivity index is 2.02. The molecule has 0 aromatic heterocycles. The van der Waals surface area contributed by atoms with Crippen molar-refractivity contribution in [1.82, 2.24) is 21.3 Å². The van der Waals surface area contributed by atoms with Gasteiger partial charge in [0.05, 0.1) is 6.04 Å². The number of benzene rings is 2. The lowest BCUT2D eigenvalue weighted by Gasteiger charge is -2.31. The number of amides is 5. The van der Waals surface area contributed by atoms with Crippen molar-refractivity contribution in [3.05, 3.63) is 71.3 Å². The molecular weight excluding hydrogens is 526 g/mol. The average Bonchev–Trinajstić information content (AvgIpc) is 2.92. The summed E-state index contributed by atoms with van der Waals surface area (Å²) in [6, 6.07) is 11.5. The van der Waals surface area contributed by atoms with E-state index in [1.807, 2.05) is 0 Å². The normalized spacial score (nSPS) is 13.3. The predicted octanol–water partition coefficient (Wildman–Crippen LogP) is 1.46. The fourth-order valence-electron chi connectivity index (χ4n) is 3.85. The molecule has 0 radical (unpaired) electrons. The molecule has 0 saturated heterocycles. The summed E-state index contributed by atoms with van der Waals surface area (Å²) < 4.78 is 0. The molecular formula is C30H39N5O6. The zero-order valence-corrected chi connectivity index (χ0v) is 24.2. The van der Waals surface area contributed by atoms with Crippen molar-refractivity contribution in [3.8, 4) is 0 Å². The summed E-state index contributed by atoms with van der Waals surface area (Å²) in [6.45, 7) is 10.2. The van der Waals surface area contributed by atoms with Crippen LogP contribution in [0, 0.1) is 11.3 Å². The minimum Gasteiger partial charge on any atom is -0.366 e. The highest BCUT2D eigenvalue weighted by Crippen LogP contribution is 2.20. The van der Waals surface area contributed by atoms with Crippen LogP contribution in [0.2, 0.25) is 0 Å². The Morgan fingerprint density at radius 3 is 1.85 bits per heavy atom. The molecule has 2 rings (SSSR count). The summed E-state index contributed by atoms with van der Waals surface area (Å²) in [5.74, 6) is -4.42. The summed E-state index contributed by atoms with van der Waals surface area (Å²) in [4.78, 5) is 75.5. The number of nitrogens with two attached hydrogens (primary N) is 1. The SMILES string of the molecule is CC(C)[C@H](NC(=O)[C@H](C)NC(=O)[C@@H](NC(=O)c1ccccc1)C(C)(C)C)C(=O)C(=O)NCc1ccc(C(N)=O)cc1. The maximum absolute atomic E-state index is 13.1. The molecule has 11 heteroatoms. The van der Waals surface area contributed by atoms with Crippen molar-refractivity contribution in [2.24, 2.45) is 17.1 Å². The van der Waals surface area contributed by atoms with Crippen LogP contribution in [-0.2, 0) is 25.7 Å². The molecule has 0 saturated carbocycles. The number of nitrogens with one attached hydrogen (secondary N) is 4. The molecule has 0 aliphatic heterocycles. The number of rotatable bonds is 12. The third kappa shape index (κ3) is 9.55. The van der Waals surface area contributed by atoms with E-state index < -0.39 is 64.8 Å². The van der Waals surface area contributed by atoms with Crippen LogP contribution < -0.4 is 27.0 Å². The molecule has 0 aliphatic carbocycles. The van der Waals surface area contributed by atoms with E-state index in [0.717, 1.165) is 0 Å². The van der Waals surface area contributed by atoms with Crippen molar-refractivity contribution in [2.45, 2.75) is 66.2 Å². The zero-order chi connectivity index (χ0) is 30.9. The summed E-state index contributed by atoms with van der Waals surface area (Å²) >= 11 is 0. The van der Waals surface area contributed by atoms with Crippen molar-refractivity contribution in [1.29, 1.82) is 0 Å². The van der Waals surface area contributed by atoms with Gasteiger partial charge in [-0.05, 0) is 48.1 Å². The highest BCUT2D eigenvalue weighted by Gasteiger charge is 2.35. The number of hydrogen-bond acceptors (Lipinski definition) is 6. The maximum atomic E-state index is 13.1. The molecule has 0 bridgehead atoms. The highest BCUT2D eigenvalue weighted by molar-refractivity contribution is 6.38. The van der Waals surface area contributed by atoms with Gasteiger partial charge in [-0.1, -0.05) is 65.0 Å². The van der Waals surface area contributed by atoms with Gasteiger partial charge < -0.3 is 27.0 Å². The number of Topliss-reactive ketones (excluding diaryl/α,β-unsaturated/α-hetero) is 1. The molecule has 0 unspecified atom stereocenters. The van der Waals surface area contributed by atoms with Crippen LogP contribution in [0.15, 0.2) is 54.6 Å². The standard InChI is InChI=1S/C30H39N5O6/c1-17(2)22(23(36)28(40)32-16-19-12-14-20(15-13-19)25(31)37)34-26(38)18(3)33-29(41)24(30(4,5)6)35-27(39)21-10-8-7-9-11-21/h7-15,17-18,22,24H,16H2,1-6H3,(H2,31,37)(H,32,40)(H,33,41)(H,34,38)(H,35,39)/t18-,22-,24+/m0/s1. The first-order valence-electron chi connectivity index (χ1n) is 13.3. The van der Waals surface area contributed by atoms with Gasteiger partial charge in [-0.25, -0.2) is 0 Å². The van der Waals surface area contributed by atoms with E-state index in [0.29, 0.717) is 16.7 Å². The van der Waals surface area contributed by atoms with Crippen LogP contribution >= 0.6 is 0 Å². The van der Waals surface area contributed by atoms with Crippen LogP contribution in [0.4, 0.5) is 0 Å². The largest absolute Gasteiger partial charge is 0.366 e. The first-order chi connectivity index (χ1) is 19.1. The second-order valence-electron chi connectivity index (χ2n) is 11.2. The van der Waals surface area contributed by atoms with Crippen molar-refractivity contribution in [2.75, 3.05) is 0 Å². The van der Waals surface area contributed by atoms with Crippen LogP contribution in [0.1, 0.15) is 67.8 Å². The lowest BCUT2D eigenvalue weighted by Crippen LogP contribution is -2.59. The van der Waals surface area contributed by atoms with E-state index >= 15 is 0 Å². The van der Waals surface area contributed by atoms with Crippen LogP contribution in [0.25, 0.3) is 0 Å². The molecule has 41 heavy (non-hydrogen) atoms. The van der Waals surface area contributed by atoms with Crippen LogP contribution in [-0.4, -0.2) is 53.4 Å². The maximum Gasteiger partial charge on any atom is 0.289 e. The Morgan fingerprint density at radius 2 is 1.34 bits per heavy atom. The molecule has 0 fully saturated rings. The lowest BCUT2D eigenvalue weighted by molar-refractivity contribution is -0.141. The fraction of sp³-hybridized carbons (Fsp3) is 0.400. The first kappa shape index (κ1) is 32.7. The van der Waals surface area contributed by atoms with Gasteiger partial charge in [0.2, 0.25) is 23.5 Å². The van der Waals surface area contributed by atoms with Gasteiger partial charge in [-0.15, -0.1) is 0 Å². The molecule has 0 aliphatic rings. The Bertz CT molecular complexity index is 1270. The van der Waals surface area contributed by atoms with E-state index in [4.69, 9.17) is 5.73 Å². The van der Waals surface area contributed by atoms with Crippen LogP contribution in [0.5, 0.6) is 0 Å².